The lowest BCUT2D eigenvalue weighted by Crippen LogP contribution is -2.37. The number of rotatable bonds is 5. The highest BCUT2D eigenvalue weighted by atomic mass is 31.2. The second-order valence-corrected chi connectivity index (χ2v) is 10.8. The number of hydrogen-bond acceptors (Lipinski definition) is 3. The summed E-state index contributed by atoms with van der Waals surface area (Å²) in [6, 6.07) is 32.1. The molecule has 1 aliphatic heterocycles. The van der Waals surface area contributed by atoms with Gasteiger partial charge >= 0.3 is 0 Å². The first kappa shape index (κ1) is 20.1. The molecule has 4 aromatic rings. The van der Waals surface area contributed by atoms with Crippen molar-refractivity contribution in [2.24, 2.45) is 0 Å². The molecule has 31 heavy (non-hydrogen) atoms. The molecule has 0 aliphatic carbocycles. The molecule has 4 heteroatoms. The Morgan fingerprint density at radius 3 is 2.06 bits per heavy atom. The second-order valence-electron chi connectivity index (χ2n) is 8.11. The number of benzene rings is 4. The molecule has 1 N–H and O–H groups in total. The lowest BCUT2D eigenvalue weighted by molar-refractivity contribution is 0.266. The highest BCUT2D eigenvalue weighted by Crippen LogP contribution is 2.47. The Morgan fingerprint density at radius 1 is 0.806 bits per heavy atom. The van der Waals surface area contributed by atoms with E-state index in [-0.39, 0.29) is 12.6 Å². The standard InChI is InChI=1S/C27H26NO2P/c29-20-22-11-9-19-28(22)27-25-16-8-7-10-21(25)17-18-26(27)31(30,23-12-3-1-4-13-23)24-14-5-2-6-15-24/h1-8,10,12-18,22,29H,9,11,19-20H2. The second kappa shape index (κ2) is 8.34. The van der Waals surface area contributed by atoms with Gasteiger partial charge in [0.1, 0.15) is 0 Å². The first-order valence-electron chi connectivity index (χ1n) is 10.8. The van der Waals surface area contributed by atoms with Gasteiger partial charge in [0.05, 0.1) is 18.3 Å². The smallest absolute Gasteiger partial charge is 0.173 e. The lowest BCUT2D eigenvalue weighted by atomic mass is 10.1. The van der Waals surface area contributed by atoms with Crippen LogP contribution in [0.25, 0.3) is 10.8 Å². The quantitative estimate of drug-likeness (QED) is 0.479. The summed E-state index contributed by atoms with van der Waals surface area (Å²) in [6.45, 7) is 0.958. The monoisotopic (exact) mass is 427 g/mol. The fourth-order valence-corrected chi connectivity index (χ4v) is 7.69. The largest absolute Gasteiger partial charge is 0.394 e. The van der Waals surface area contributed by atoms with E-state index in [0.717, 1.165) is 51.8 Å². The Hall–Kier alpha value is -2.87. The van der Waals surface area contributed by atoms with Crippen LogP contribution < -0.4 is 20.8 Å². The zero-order valence-electron chi connectivity index (χ0n) is 17.4. The van der Waals surface area contributed by atoms with Gasteiger partial charge in [0.15, 0.2) is 7.14 Å². The maximum atomic E-state index is 15.1. The van der Waals surface area contributed by atoms with E-state index in [1.807, 2.05) is 78.9 Å². The third kappa shape index (κ3) is 3.39. The molecular formula is C27H26NO2P. The van der Waals surface area contributed by atoms with Crippen molar-refractivity contribution in [2.45, 2.75) is 18.9 Å². The maximum absolute atomic E-state index is 15.1. The Kier molecular flexibility index (Phi) is 5.40. The summed E-state index contributed by atoms with van der Waals surface area (Å²) in [6.07, 6.45) is 1.97. The summed E-state index contributed by atoms with van der Waals surface area (Å²) in [5.41, 5.74) is 1.01. The number of nitrogens with zero attached hydrogens (tertiary/aromatic N) is 1. The Balaban J connectivity index is 1.86. The molecule has 1 saturated heterocycles. The van der Waals surface area contributed by atoms with E-state index in [1.165, 1.54) is 0 Å². The topological polar surface area (TPSA) is 40.5 Å². The van der Waals surface area contributed by atoms with Gasteiger partial charge in [-0.15, -0.1) is 0 Å². The summed E-state index contributed by atoms with van der Waals surface area (Å²) in [4.78, 5) is 2.29. The lowest BCUT2D eigenvalue weighted by Gasteiger charge is -2.32. The zero-order chi connectivity index (χ0) is 21.3. The minimum Gasteiger partial charge on any atom is -0.394 e. The van der Waals surface area contributed by atoms with Gasteiger partial charge in [0.2, 0.25) is 0 Å². The van der Waals surface area contributed by atoms with Gasteiger partial charge in [-0.05, 0) is 24.3 Å². The summed E-state index contributed by atoms with van der Waals surface area (Å²) < 4.78 is 15.1. The van der Waals surface area contributed by atoms with E-state index in [0.29, 0.717) is 0 Å². The third-order valence-corrected chi connectivity index (χ3v) is 9.42. The average Bonchev–Trinajstić information content (AvgIpc) is 3.32. The minimum absolute atomic E-state index is 0.0459. The van der Waals surface area contributed by atoms with Gasteiger partial charge in [-0.3, -0.25) is 0 Å². The molecule has 4 aromatic carbocycles. The van der Waals surface area contributed by atoms with Crippen LogP contribution in [0.2, 0.25) is 0 Å². The van der Waals surface area contributed by atoms with Crippen molar-refractivity contribution in [3.63, 3.8) is 0 Å². The molecule has 1 aliphatic rings. The maximum Gasteiger partial charge on any atom is 0.173 e. The number of anilines is 1. The van der Waals surface area contributed by atoms with E-state index in [1.54, 1.807) is 0 Å². The van der Waals surface area contributed by atoms with Crippen LogP contribution in [0.3, 0.4) is 0 Å². The Morgan fingerprint density at radius 2 is 1.42 bits per heavy atom. The molecule has 1 heterocycles. The number of fused-ring (bicyclic) bond motifs is 1. The molecule has 1 atom stereocenters. The van der Waals surface area contributed by atoms with Gasteiger partial charge in [-0.25, -0.2) is 0 Å². The van der Waals surface area contributed by atoms with E-state index < -0.39 is 7.14 Å². The predicted octanol–water partition coefficient (Wildman–Crippen LogP) is 4.44. The third-order valence-electron chi connectivity index (χ3n) is 6.33. The number of aliphatic hydroxyl groups is 1. The van der Waals surface area contributed by atoms with Crippen molar-refractivity contribution in [1.82, 2.24) is 0 Å². The van der Waals surface area contributed by atoms with Crippen LogP contribution in [0, 0.1) is 0 Å². The molecular weight excluding hydrogens is 401 g/mol. The number of hydrogen-bond donors (Lipinski definition) is 1. The molecule has 0 radical (unpaired) electrons. The summed E-state index contributed by atoms with van der Waals surface area (Å²) >= 11 is 0. The van der Waals surface area contributed by atoms with Crippen LogP contribution in [-0.2, 0) is 4.57 Å². The van der Waals surface area contributed by atoms with Crippen LogP contribution in [0.1, 0.15) is 12.8 Å². The molecule has 1 fully saturated rings. The fourth-order valence-electron chi connectivity index (χ4n) is 4.82. The van der Waals surface area contributed by atoms with E-state index in [4.69, 9.17) is 0 Å². The average molecular weight is 427 g/mol. The highest BCUT2D eigenvalue weighted by molar-refractivity contribution is 7.85. The van der Waals surface area contributed by atoms with Crippen molar-refractivity contribution < 1.29 is 9.67 Å². The Labute approximate surface area is 183 Å². The van der Waals surface area contributed by atoms with Crippen LogP contribution in [0.15, 0.2) is 97.1 Å². The van der Waals surface area contributed by atoms with Crippen LogP contribution in [0.5, 0.6) is 0 Å². The molecule has 156 valence electrons. The molecule has 5 rings (SSSR count). The first-order valence-corrected chi connectivity index (χ1v) is 12.6. The normalized spacial score (nSPS) is 16.7. The molecule has 1 unspecified atom stereocenters. The molecule has 0 amide bonds. The molecule has 0 saturated carbocycles. The van der Waals surface area contributed by atoms with E-state index in [9.17, 15) is 5.11 Å². The first-order chi connectivity index (χ1) is 15.2. The number of aliphatic hydroxyl groups excluding tert-OH is 1. The molecule has 0 bridgehead atoms. The van der Waals surface area contributed by atoms with Gasteiger partial charge in [-0.1, -0.05) is 91.0 Å². The molecule has 0 spiro atoms. The van der Waals surface area contributed by atoms with Gasteiger partial charge in [-0.2, -0.15) is 0 Å². The van der Waals surface area contributed by atoms with E-state index >= 15 is 4.57 Å². The minimum atomic E-state index is -3.13. The van der Waals surface area contributed by atoms with Crippen molar-refractivity contribution in [3.8, 4) is 0 Å². The van der Waals surface area contributed by atoms with Crippen molar-refractivity contribution in [3.05, 3.63) is 97.1 Å². The van der Waals surface area contributed by atoms with Crippen LogP contribution in [-0.4, -0.2) is 24.3 Å². The SMILES string of the molecule is O=P(c1ccccc1)(c1ccccc1)c1ccc2ccccc2c1N1CCCC1CO. The summed E-state index contributed by atoms with van der Waals surface area (Å²) in [5.74, 6) is 0. The summed E-state index contributed by atoms with van der Waals surface area (Å²) in [7, 11) is -3.13. The van der Waals surface area contributed by atoms with Crippen LogP contribution in [0.4, 0.5) is 5.69 Å². The Bertz CT molecular complexity index is 1200. The zero-order valence-corrected chi connectivity index (χ0v) is 18.3. The van der Waals surface area contributed by atoms with Crippen molar-refractivity contribution >= 4 is 39.5 Å². The molecule has 0 aromatic heterocycles. The molecule has 3 nitrogen and oxygen atoms in total. The van der Waals surface area contributed by atoms with Crippen LogP contribution >= 0.6 is 7.14 Å². The predicted molar refractivity (Wildman–Crippen MR) is 131 cm³/mol. The van der Waals surface area contributed by atoms with Gasteiger partial charge in [0, 0.05) is 27.8 Å². The van der Waals surface area contributed by atoms with Crippen molar-refractivity contribution in [1.29, 1.82) is 0 Å². The fraction of sp³-hybridized carbons (Fsp3) is 0.185. The van der Waals surface area contributed by atoms with Gasteiger partial charge < -0.3 is 14.6 Å². The summed E-state index contributed by atoms with van der Waals surface area (Å²) in [5, 5.41) is 14.8. The van der Waals surface area contributed by atoms with Gasteiger partial charge in [0.25, 0.3) is 0 Å². The van der Waals surface area contributed by atoms with E-state index in [2.05, 4.69) is 23.1 Å². The van der Waals surface area contributed by atoms with Crippen molar-refractivity contribution in [2.75, 3.05) is 18.1 Å². The highest BCUT2D eigenvalue weighted by Gasteiger charge is 2.36.